The highest BCUT2D eigenvalue weighted by Crippen LogP contribution is 2.35. The third kappa shape index (κ3) is 3.43. The fourth-order valence-electron chi connectivity index (χ4n) is 2.48. The van der Waals surface area contributed by atoms with Gasteiger partial charge in [0.1, 0.15) is 10.8 Å². The smallest absolute Gasteiger partial charge is 0.162 e. The van der Waals surface area contributed by atoms with Gasteiger partial charge in [-0.05, 0) is 35.9 Å². The second kappa shape index (κ2) is 7.33. The van der Waals surface area contributed by atoms with Crippen molar-refractivity contribution in [3.05, 3.63) is 20.2 Å². The molecule has 0 bridgehead atoms. The lowest BCUT2D eigenvalue weighted by Gasteiger charge is -2.35. The number of nitrogens with zero attached hydrogens (tertiary/aromatic N) is 2. The van der Waals surface area contributed by atoms with Gasteiger partial charge in [0.15, 0.2) is 5.82 Å². The molecule has 0 radical (unpaired) electrons. The van der Waals surface area contributed by atoms with Crippen molar-refractivity contribution in [1.82, 2.24) is 9.97 Å². The van der Waals surface area contributed by atoms with Crippen molar-refractivity contribution in [1.29, 1.82) is 0 Å². The summed E-state index contributed by atoms with van der Waals surface area (Å²) in [6.07, 6.45) is 3.51. The van der Waals surface area contributed by atoms with E-state index < -0.39 is 5.60 Å². The normalized spacial score (nSPS) is 18.2. The van der Waals surface area contributed by atoms with Gasteiger partial charge in [-0.2, -0.15) is 0 Å². The Hall–Kier alpha value is 0.0200. The summed E-state index contributed by atoms with van der Waals surface area (Å²) < 4.78 is 12.4. The van der Waals surface area contributed by atoms with E-state index in [1.54, 1.807) is 0 Å². The van der Waals surface area contributed by atoms with Crippen LogP contribution in [0.2, 0.25) is 5.15 Å². The molecule has 1 aromatic rings. The lowest BCUT2D eigenvalue weighted by Crippen LogP contribution is -2.38. The maximum atomic E-state index is 6.29. The topological polar surface area (TPSA) is 44.2 Å². The molecule has 4 nitrogen and oxygen atoms in total. The Balaban J connectivity index is 2.42. The second-order valence-electron chi connectivity index (χ2n) is 4.89. The number of halogens is 2. The summed E-state index contributed by atoms with van der Waals surface area (Å²) in [5.41, 5.74) is 0.581. The molecule has 112 valence electrons. The molecule has 0 saturated carbocycles. The van der Waals surface area contributed by atoms with Crippen LogP contribution in [0.15, 0.2) is 0 Å². The molecular weight excluding hydrogens is 391 g/mol. The molecule has 0 N–H and O–H groups in total. The van der Waals surface area contributed by atoms with Crippen LogP contribution in [0.4, 0.5) is 0 Å². The first-order chi connectivity index (χ1) is 9.63. The molecule has 1 aliphatic rings. The Labute approximate surface area is 138 Å². The highest BCUT2D eigenvalue weighted by molar-refractivity contribution is 14.1. The first-order valence-electron chi connectivity index (χ1n) is 7.07. The van der Waals surface area contributed by atoms with Crippen LogP contribution in [0.5, 0.6) is 0 Å². The van der Waals surface area contributed by atoms with E-state index in [2.05, 4.69) is 34.5 Å². The van der Waals surface area contributed by atoms with Crippen molar-refractivity contribution in [3.8, 4) is 0 Å². The zero-order valence-electron chi connectivity index (χ0n) is 11.9. The molecular formula is C14H20ClIN2O2. The number of hydrogen-bond donors (Lipinski definition) is 0. The van der Waals surface area contributed by atoms with Gasteiger partial charge in [0, 0.05) is 32.7 Å². The van der Waals surface area contributed by atoms with Crippen LogP contribution in [-0.4, -0.2) is 29.8 Å². The SMILES string of the molecule is CCCc1nc(C2(OCC)CCOCC2)nc(Cl)c1I. The third-order valence-corrected chi connectivity index (χ3v) is 5.22. The van der Waals surface area contributed by atoms with E-state index in [0.717, 1.165) is 40.8 Å². The largest absolute Gasteiger partial charge is 0.381 e. The predicted molar refractivity (Wildman–Crippen MR) is 87.1 cm³/mol. The first-order valence-corrected chi connectivity index (χ1v) is 8.52. The molecule has 1 aliphatic heterocycles. The van der Waals surface area contributed by atoms with Gasteiger partial charge in [-0.15, -0.1) is 0 Å². The van der Waals surface area contributed by atoms with Crippen LogP contribution < -0.4 is 0 Å². The zero-order valence-corrected chi connectivity index (χ0v) is 14.8. The number of aryl methyl sites for hydroxylation is 1. The molecule has 6 heteroatoms. The van der Waals surface area contributed by atoms with E-state index in [1.807, 2.05) is 6.92 Å². The summed E-state index contributed by atoms with van der Waals surface area (Å²) in [7, 11) is 0. The Morgan fingerprint density at radius 3 is 2.60 bits per heavy atom. The van der Waals surface area contributed by atoms with E-state index in [-0.39, 0.29) is 0 Å². The Bertz CT molecular complexity index is 459. The van der Waals surface area contributed by atoms with Crippen LogP contribution in [0.1, 0.15) is 44.6 Å². The molecule has 20 heavy (non-hydrogen) atoms. The van der Waals surface area contributed by atoms with Gasteiger partial charge >= 0.3 is 0 Å². The lowest BCUT2D eigenvalue weighted by atomic mass is 9.92. The Kier molecular flexibility index (Phi) is 6.01. The molecule has 0 aliphatic carbocycles. The van der Waals surface area contributed by atoms with Crippen molar-refractivity contribution in [2.45, 2.75) is 45.1 Å². The Morgan fingerprint density at radius 2 is 2.00 bits per heavy atom. The van der Waals surface area contributed by atoms with Crippen LogP contribution in [0, 0.1) is 3.57 Å². The number of rotatable bonds is 5. The number of hydrogen-bond acceptors (Lipinski definition) is 4. The molecule has 0 atom stereocenters. The van der Waals surface area contributed by atoms with Crippen LogP contribution in [0.3, 0.4) is 0 Å². The maximum Gasteiger partial charge on any atom is 0.162 e. The Morgan fingerprint density at radius 1 is 1.30 bits per heavy atom. The average Bonchev–Trinajstić information content (AvgIpc) is 2.45. The summed E-state index contributed by atoms with van der Waals surface area (Å²) in [6, 6.07) is 0. The molecule has 0 spiro atoms. The minimum Gasteiger partial charge on any atom is -0.381 e. The monoisotopic (exact) mass is 410 g/mol. The standard InChI is InChI=1S/C14H20ClIN2O2/c1-3-5-10-11(16)12(15)18-13(17-10)14(20-4-2)6-8-19-9-7-14/h3-9H2,1-2H3. The molecule has 0 amide bonds. The summed E-state index contributed by atoms with van der Waals surface area (Å²) >= 11 is 8.51. The molecule has 1 fully saturated rings. The van der Waals surface area contributed by atoms with Crippen molar-refractivity contribution in [3.63, 3.8) is 0 Å². The number of aromatic nitrogens is 2. The summed E-state index contributed by atoms with van der Waals surface area (Å²) in [6.45, 7) is 6.12. The molecule has 0 unspecified atom stereocenters. The highest BCUT2D eigenvalue weighted by atomic mass is 127. The molecule has 0 aromatic carbocycles. The van der Waals surface area contributed by atoms with E-state index in [0.29, 0.717) is 25.0 Å². The van der Waals surface area contributed by atoms with Gasteiger partial charge in [0.05, 0.1) is 9.26 Å². The lowest BCUT2D eigenvalue weighted by molar-refractivity contribution is -0.118. The van der Waals surface area contributed by atoms with Crippen LogP contribution >= 0.6 is 34.2 Å². The summed E-state index contributed by atoms with van der Waals surface area (Å²) in [5, 5.41) is 0.532. The van der Waals surface area contributed by atoms with Gasteiger partial charge < -0.3 is 9.47 Å². The van der Waals surface area contributed by atoms with Crippen molar-refractivity contribution < 1.29 is 9.47 Å². The van der Waals surface area contributed by atoms with Gasteiger partial charge in [0.25, 0.3) is 0 Å². The highest BCUT2D eigenvalue weighted by Gasteiger charge is 2.38. The second-order valence-corrected chi connectivity index (χ2v) is 6.33. The molecule has 1 saturated heterocycles. The first kappa shape index (κ1) is 16.4. The van der Waals surface area contributed by atoms with E-state index >= 15 is 0 Å². The van der Waals surface area contributed by atoms with Gasteiger partial charge in [-0.3, -0.25) is 0 Å². The minimum absolute atomic E-state index is 0.441. The quantitative estimate of drug-likeness (QED) is 0.548. The van der Waals surface area contributed by atoms with Crippen molar-refractivity contribution >= 4 is 34.2 Å². The van der Waals surface area contributed by atoms with Crippen LogP contribution in [0.25, 0.3) is 0 Å². The van der Waals surface area contributed by atoms with E-state index in [1.165, 1.54) is 0 Å². The molecule has 2 rings (SSSR count). The van der Waals surface area contributed by atoms with Gasteiger partial charge in [-0.1, -0.05) is 24.9 Å². The fraction of sp³-hybridized carbons (Fsp3) is 0.714. The molecule has 2 heterocycles. The zero-order chi connectivity index (χ0) is 14.6. The minimum atomic E-state index is -0.441. The summed E-state index contributed by atoms with van der Waals surface area (Å²) in [5.74, 6) is 0.719. The van der Waals surface area contributed by atoms with E-state index in [9.17, 15) is 0 Å². The summed E-state index contributed by atoms with van der Waals surface area (Å²) in [4.78, 5) is 9.25. The molecule has 1 aromatic heterocycles. The van der Waals surface area contributed by atoms with Crippen molar-refractivity contribution in [2.24, 2.45) is 0 Å². The maximum absolute atomic E-state index is 6.29. The van der Waals surface area contributed by atoms with Crippen LogP contribution in [-0.2, 0) is 21.5 Å². The number of ether oxygens (including phenoxy) is 2. The third-order valence-electron chi connectivity index (χ3n) is 3.49. The predicted octanol–water partition coefficient (Wildman–Crippen LogP) is 3.73. The van der Waals surface area contributed by atoms with Crippen molar-refractivity contribution in [2.75, 3.05) is 19.8 Å². The average molecular weight is 411 g/mol. The van der Waals surface area contributed by atoms with Gasteiger partial charge in [-0.25, -0.2) is 9.97 Å². The van der Waals surface area contributed by atoms with Gasteiger partial charge in [0.2, 0.25) is 0 Å². The fourth-order valence-corrected chi connectivity index (χ4v) is 3.18. The van der Waals surface area contributed by atoms with E-state index in [4.69, 9.17) is 26.1 Å².